The molecule has 1 aliphatic carbocycles. The van der Waals surface area contributed by atoms with Crippen LogP contribution in [0.15, 0.2) is 54.1 Å². The Hall–Kier alpha value is -3.48. The van der Waals surface area contributed by atoms with E-state index in [9.17, 15) is 18.8 Å². The van der Waals surface area contributed by atoms with Gasteiger partial charge in [-0.3, -0.25) is 4.79 Å². The predicted molar refractivity (Wildman–Crippen MR) is 124 cm³/mol. The number of allylic oxidation sites excluding steroid dienone is 1. The number of carboxylic acid groups (broad SMARTS) is 1. The Morgan fingerprint density at radius 1 is 1.03 bits per heavy atom. The molecule has 6 nitrogen and oxygen atoms in total. The molecule has 7 heteroatoms. The summed E-state index contributed by atoms with van der Waals surface area (Å²) in [5, 5.41) is 8.86. The summed E-state index contributed by atoms with van der Waals surface area (Å²) < 4.78 is 19.5. The van der Waals surface area contributed by atoms with Crippen molar-refractivity contribution in [1.29, 1.82) is 0 Å². The van der Waals surface area contributed by atoms with Crippen molar-refractivity contribution in [3.63, 3.8) is 0 Å². The normalized spacial score (nSPS) is 17.6. The second kappa shape index (κ2) is 10.6. The summed E-state index contributed by atoms with van der Waals surface area (Å²) >= 11 is 0. The van der Waals surface area contributed by atoms with Gasteiger partial charge < -0.3 is 14.7 Å². The van der Waals surface area contributed by atoms with Crippen LogP contribution in [0.5, 0.6) is 0 Å². The van der Waals surface area contributed by atoms with Crippen LogP contribution in [0.2, 0.25) is 0 Å². The van der Waals surface area contributed by atoms with Crippen LogP contribution in [0.3, 0.4) is 0 Å². The van der Waals surface area contributed by atoms with E-state index in [1.165, 1.54) is 12.1 Å². The van der Waals surface area contributed by atoms with E-state index in [0.717, 1.165) is 22.3 Å². The van der Waals surface area contributed by atoms with Crippen molar-refractivity contribution in [1.82, 2.24) is 4.90 Å². The Morgan fingerprint density at radius 2 is 1.79 bits per heavy atom. The molecule has 1 saturated carbocycles. The first-order valence-corrected chi connectivity index (χ1v) is 11.6. The van der Waals surface area contributed by atoms with Crippen molar-refractivity contribution in [2.24, 2.45) is 0 Å². The average Bonchev–Trinajstić information content (AvgIpc) is 2.81. The van der Waals surface area contributed by atoms with Gasteiger partial charge in [0.2, 0.25) is 0 Å². The highest BCUT2D eigenvalue weighted by Crippen LogP contribution is 2.27. The van der Waals surface area contributed by atoms with Gasteiger partial charge in [0.1, 0.15) is 17.7 Å². The Bertz CT molecular complexity index is 1120. The van der Waals surface area contributed by atoms with E-state index >= 15 is 0 Å². The molecule has 0 spiro atoms. The quantitative estimate of drug-likeness (QED) is 0.629. The number of nitrogens with zero attached hydrogens (tertiary/aromatic N) is 1. The third-order valence-electron chi connectivity index (χ3n) is 6.46. The topological polar surface area (TPSA) is 83.9 Å². The molecule has 2 aromatic carbocycles. The number of ketones is 1. The van der Waals surface area contributed by atoms with Crippen LogP contribution in [0.25, 0.3) is 0 Å². The van der Waals surface area contributed by atoms with E-state index in [-0.39, 0.29) is 36.6 Å². The van der Waals surface area contributed by atoms with Crippen molar-refractivity contribution < 1.29 is 28.6 Å². The number of ether oxygens (including phenoxy) is 1. The lowest BCUT2D eigenvalue weighted by Crippen LogP contribution is -2.38. The van der Waals surface area contributed by atoms with Crippen molar-refractivity contribution in [3.05, 3.63) is 82.2 Å². The minimum Gasteiger partial charge on any atom is -0.478 e. The van der Waals surface area contributed by atoms with Gasteiger partial charge in [-0.25, -0.2) is 14.0 Å². The molecular weight excluding hydrogens is 437 g/mol. The average molecular weight is 466 g/mol. The molecule has 1 amide bonds. The number of hydrogen-bond acceptors (Lipinski definition) is 4. The summed E-state index contributed by atoms with van der Waals surface area (Å²) in [6, 6.07) is 12.2. The van der Waals surface area contributed by atoms with Gasteiger partial charge in [-0.2, -0.15) is 0 Å². The number of hydrogen-bond donors (Lipinski definition) is 1. The van der Waals surface area contributed by atoms with Gasteiger partial charge in [0.05, 0.1) is 0 Å². The zero-order valence-electron chi connectivity index (χ0n) is 19.0. The number of amides is 1. The van der Waals surface area contributed by atoms with Crippen LogP contribution in [-0.4, -0.2) is 40.5 Å². The molecule has 0 atom stereocenters. The molecule has 0 aromatic heterocycles. The number of halogens is 1. The SMILES string of the molecule is O=C(O)C=C1CCC(OC(=O)N2CCc3cc(CC(=O)Cc4ccccc4F)ccc3C2)CC1. The zero-order chi connectivity index (χ0) is 24.1. The highest BCUT2D eigenvalue weighted by atomic mass is 19.1. The van der Waals surface area contributed by atoms with Crippen molar-refractivity contribution >= 4 is 17.8 Å². The van der Waals surface area contributed by atoms with E-state index in [1.54, 1.807) is 23.1 Å². The van der Waals surface area contributed by atoms with Gasteiger partial charge in [-0.15, -0.1) is 0 Å². The summed E-state index contributed by atoms with van der Waals surface area (Å²) in [6.45, 7) is 0.990. The van der Waals surface area contributed by atoms with Gasteiger partial charge in [-0.05, 0) is 60.4 Å². The molecule has 1 aliphatic heterocycles. The van der Waals surface area contributed by atoms with Crippen molar-refractivity contribution in [2.45, 2.75) is 57.6 Å². The molecule has 0 saturated heterocycles. The fourth-order valence-electron chi connectivity index (χ4n) is 4.63. The van der Waals surface area contributed by atoms with Crippen LogP contribution >= 0.6 is 0 Å². The third kappa shape index (κ3) is 6.10. The summed E-state index contributed by atoms with van der Waals surface area (Å²) in [4.78, 5) is 37.6. The first-order chi connectivity index (χ1) is 16.4. The van der Waals surface area contributed by atoms with Crippen LogP contribution < -0.4 is 0 Å². The minimum absolute atomic E-state index is 0.0418. The highest BCUT2D eigenvalue weighted by Gasteiger charge is 2.26. The van der Waals surface area contributed by atoms with E-state index in [4.69, 9.17) is 9.84 Å². The molecule has 2 aromatic rings. The molecule has 0 bridgehead atoms. The zero-order valence-corrected chi connectivity index (χ0v) is 19.0. The standard InChI is InChI=1S/C27H28FNO5/c28-25-4-2-1-3-21(25)16-23(30)14-19-5-8-22-17-29(12-11-20(22)13-19)27(33)34-24-9-6-18(7-10-24)15-26(31)32/h1-5,8,13,15,24H,6-7,9-12,14,16-17H2,(H,31,32). The maximum absolute atomic E-state index is 13.8. The van der Waals surface area contributed by atoms with Crippen LogP contribution in [0.4, 0.5) is 9.18 Å². The Morgan fingerprint density at radius 3 is 2.53 bits per heavy atom. The third-order valence-corrected chi connectivity index (χ3v) is 6.46. The summed E-state index contributed by atoms with van der Waals surface area (Å²) in [7, 11) is 0. The second-order valence-corrected chi connectivity index (χ2v) is 8.98. The molecule has 1 N–H and O–H groups in total. The maximum Gasteiger partial charge on any atom is 0.410 e. The number of aliphatic carboxylic acids is 1. The lowest BCUT2D eigenvalue weighted by molar-refractivity contribution is -0.131. The largest absolute Gasteiger partial charge is 0.478 e. The number of carbonyl (C=O) groups is 3. The molecule has 2 aliphatic rings. The van der Waals surface area contributed by atoms with E-state index in [2.05, 4.69) is 0 Å². The Kier molecular flexibility index (Phi) is 7.40. The number of carbonyl (C=O) groups excluding carboxylic acids is 2. The van der Waals surface area contributed by atoms with Crippen LogP contribution in [-0.2, 0) is 40.1 Å². The summed E-state index contributed by atoms with van der Waals surface area (Å²) in [6.07, 6.45) is 4.24. The summed E-state index contributed by atoms with van der Waals surface area (Å²) in [5.74, 6) is -1.34. The number of rotatable bonds is 6. The van der Waals surface area contributed by atoms with Crippen LogP contribution in [0, 0.1) is 5.82 Å². The molecule has 4 rings (SSSR count). The molecule has 1 fully saturated rings. The molecule has 178 valence electrons. The first-order valence-electron chi connectivity index (χ1n) is 11.6. The number of benzene rings is 2. The van der Waals surface area contributed by atoms with Crippen molar-refractivity contribution in [3.8, 4) is 0 Å². The number of fused-ring (bicyclic) bond motifs is 1. The number of Topliss-reactive ketones (excluding diaryl/α,β-unsaturated/α-hetero) is 1. The van der Waals surface area contributed by atoms with Gasteiger partial charge >= 0.3 is 12.1 Å². The van der Waals surface area contributed by atoms with Crippen LogP contribution in [0.1, 0.15) is 47.9 Å². The number of carboxylic acids is 1. The Labute approximate surface area is 198 Å². The lowest BCUT2D eigenvalue weighted by Gasteiger charge is -2.31. The van der Waals surface area contributed by atoms with E-state index < -0.39 is 5.97 Å². The molecular formula is C27H28FNO5. The molecule has 0 radical (unpaired) electrons. The smallest absolute Gasteiger partial charge is 0.410 e. The van der Waals surface area contributed by atoms with Gasteiger partial charge in [0.25, 0.3) is 0 Å². The van der Waals surface area contributed by atoms with Gasteiger partial charge in [-0.1, -0.05) is 42.0 Å². The predicted octanol–water partition coefficient (Wildman–Crippen LogP) is 4.63. The maximum atomic E-state index is 13.8. The van der Waals surface area contributed by atoms with E-state index in [1.807, 2.05) is 18.2 Å². The van der Waals surface area contributed by atoms with Crippen molar-refractivity contribution in [2.75, 3.05) is 6.54 Å². The monoisotopic (exact) mass is 465 g/mol. The molecule has 0 unspecified atom stereocenters. The Balaban J connectivity index is 1.29. The minimum atomic E-state index is -0.935. The van der Waals surface area contributed by atoms with Gasteiger partial charge in [0.15, 0.2) is 0 Å². The second-order valence-electron chi connectivity index (χ2n) is 8.98. The highest BCUT2D eigenvalue weighted by molar-refractivity contribution is 5.83. The first kappa shape index (κ1) is 23.7. The fraction of sp³-hybridized carbons (Fsp3) is 0.370. The molecule has 34 heavy (non-hydrogen) atoms. The molecule has 1 heterocycles. The van der Waals surface area contributed by atoms with Gasteiger partial charge in [0, 0.05) is 32.0 Å². The lowest BCUT2D eigenvalue weighted by atomic mass is 9.92. The van der Waals surface area contributed by atoms with E-state index in [0.29, 0.717) is 50.8 Å². The summed E-state index contributed by atoms with van der Waals surface area (Å²) in [5.41, 5.74) is 4.33. The fourth-order valence-corrected chi connectivity index (χ4v) is 4.63.